The van der Waals surface area contributed by atoms with Gasteiger partial charge < -0.3 is 10.1 Å². The molecule has 0 unspecified atom stereocenters. The number of cyclic esters (lactones) is 1. The highest BCUT2D eigenvalue weighted by Crippen LogP contribution is 2.22. The molecule has 1 amide bonds. The van der Waals surface area contributed by atoms with Gasteiger partial charge in [-0.15, -0.1) is 0 Å². The second kappa shape index (κ2) is 7.18. The van der Waals surface area contributed by atoms with Crippen LogP contribution in [0.3, 0.4) is 0 Å². The molecule has 0 aromatic heterocycles. The molecule has 0 saturated heterocycles. The van der Waals surface area contributed by atoms with Crippen LogP contribution in [-0.2, 0) is 27.2 Å². The Kier molecular flexibility index (Phi) is 4.80. The molecule has 3 rings (SSSR count). The summed E-state index contributed by atoms with van der Waals surface area (Å²) >= 11 is 0. The van der Waals surface area contributed by atoms with E-state index in [0.29, 0.717) is 18.6 Å². The third-order valence-corrected chi connectivity index (χ3v) is 3.99. The number of rotatable bonds is 5. The van der Waals surface area contributed by atoms with Gasteiger partial charge in [0.25, 0.3) is 0 Å². The lowest BCUT2D eigenvalue weighted by atomic mass is 10.0. The SMILES string of the molecule is C=C1OC(=O)C=C1Cc1ccc(NC(=O)Cc2ccc(C)cc2)cc1. The fraction of sp³-hybridized carbons (Fsp3) is 0.143. The molecule has 0 spiro atoms. The van der Waals surface area contributed by atoms with E-state index < -0.39 is 0 Å². The van der Waals surface area contributed by atoms with Crippen molar-refractivity contribution in [1.29, 1.82) is 0 Å². The van der Waals surface area contributed by atoms with Crippen LogP contribution in [0.5, 0.6) is 0 Å². The number of amides is 1. The molecule has 1 N–H and O–H groups in total. The van der Waals surface area contributed by atoms with E-state index in [1.807, 2.05) is 55.5 Å². The first-order valence-corrected chi connectivity index (χ1v) is 8.05. The van der Waals surface area contributed by atoms with Gasteiger partial charge in [0, 0.05) is 23.8 Å². The highest BCUT2D eigenvalue weighted by molar-refractivity contribution is 5.92. The van der Waals surface area contributed by atoms with Crippen molar-refractivity contribution in [3.63, 3.8) is 0 Å². The average molecular weight is 333 g/mol. The van der Waals surface area contributed by atoms with Gasteiger partial charge in [-0.2, -0.15) is 0 Å². The van der Waals surface area contributed by atoms with Crippen LogP contribution in [0.1, 0.15) is 16.7 Å². The summed E-state index contributed by atoms with van der Waals surface area (Å²) in [5.41, 5.74) is 4.69. The molecule has 1 heterocycles. The summed E-state index contributed by atoms with van der Waals surface area (Å²) in [6, 6.07) is 15.4. The topological polar surface area (TPSA) is 55.4 Å². The first kappa shape index (κ1) is 16.7. The molecule has 0 radical (unpaired) electrons. The van der Waals surface area contributed by atoms with Crippen LogP contribution in [0, 0.1) is 6.92 Å². The molecular weight excluding hydrogens is 314 g/mol. The minimum atomic E-state index is -0.375. The van der Waals surface area contributed by atoms with Gasteiger partial charge in [-0.25, -0.2) is 4.79 Å². The number of hydrogen-bond acceptors (Lipinski definition) is 3. The number of carbonyl (C=O) groups is 2. The van der Waals surface area contributed by atoms with Gasteiger partial charge in [0.05, 0.1) is 6.42 Å². The van der Waals surface area contributed by atoms with Gasteiger partial charge in [0.2, 0.25) is 5.91 Å². The maximum absolute atomic E-state index is 12.1. The Labute approximate surface area is 146 Å². The van der Waals surface area contributed by atoms with Gasteiger partial charge in [-0.1, -0.05) is 48.5 Å². The minimum absolute atomic E-state index is 0.0533. The molecule has 0 atom stereocenters. The minimum Gasteiger partial charge on any atom is -0.424 e. The molecule has 0 bridgehead atoms. The highest BCUT2D eigenvalue weighted by atomic mass is 16.5. The standard InChI is InChI=1S/C21H19NO3/c1-14-3-5-17(6-4-14)12-20(23)22-19-9-7-16(8-10-19)11-18-13-21(24)25-15(18)2/h3-10,13H,2,11-12H2,1H3,(H,22,23). The number of allylic oxidation sites excluding steroid dienone is 1. The molecule has 1 aliphatic heterocycles. The van der Waals surface area contributed by atoms with Crippen molar-refractivity contribution in [2.24, 2.45) is 0 Å². The average Bonchev–Trinajstić information content (AvgIpc) is 2.89. The van der Waals surface area contributed by atoms with Gasteiger partial charge in [-0.05, 0) is 30.2 Å². The fourth-order valence-corrected chi connectivity index (χ4v) is 2.61. The van der Waals surface area contributed by atoms with E-state index in [1.54, 1.807) is 0 Å². The Balaban J connectivity index is 1.58. The van der Waals surface area contributed by atoms with E-state index >= 15 is 0 Å². The maximum Gasteiger partial charge on any atom is 0.336 e. The number of carbonyl (C=O) groups excluding carboxylic acids is 2. The van der Waals surface area contributed by atoms with Crippen LogP contribution >= 0.6 is 0 Å². The Morgan fingerprint density at radius 1 is 1.04 bits per heavy atom. The Morgan fingerprint density at radius 2 is 1.68 bits per heavy atom. The van der Waals surface area contributed by atoms with Gasteiger partial charge in [0.15, 0.2) is 0 Å². The van der Waals surface area contributed by atoms with Crippen LogP contribution in [0.4, 0.5) is 5.69 Å². The number of ether oxygens (including phenoxy) is 1. The number of esters is 1. The van der Waals surface area contributed by atoms with Crippen molar-refractivity contribution >= 4 is 17.6 Å². The molecular formula is C21H19NO3. The van der Waals surface area contributed by atoms with Crippen molar-refractivity contribution in [1.82, 2.24) is 0 Å². The van der Waals surface area contributed by atoms with Gasteiger partial charge in [0.1, 0.15) is 5.76 Å². The van der Waals surface area contributed by atoms with Crippen LogP contribution in [0.25, 0.3) is 0 Å². The molecule has 0 fully saturated rings. The first-order chi connectivity index (χ1) is 12.0. The maximum atomic E-state index is 12.1. The van der Waals surface area contributed by atoms with Crippen LogP contribution < -0.4 is 5.32 Å². The summed E-state index contributed by atoms with van der Waals surface area (Å²) < 4.78 is 4.90. The number of aryl methyl sites for hydroxylation is 1. The third kappa shape index (κ3) is 4.44. The second-order valence-electron chi connectivity index (χ2n) is 6.10. The summed E-state index contributed by atoms with van der Waals surface area (Å²) in [4.78, 5) is 23.3. The van der Waals surface area contributed by atoms with Crippen molar-refractivity contribution in [3.05, 3.63) is 89.2 Å². The third-order valence-electron chi connectivity index (χ3n) is 3.99. The summed E-state index contributed by atoms with van der Waals surface area (Å²) in [6.07, 6.45) is 2.37. The number of hydrogen-bond donors (Lipinski definition) is 1. The van der Waals surface area contributed by atoms with E-state index in [9.17, 15) is 9.59 Å². The van der Waals surface area contributed by atoms with Crippen molar-refractivity contribution < 1.29 is 14.3 Å². The Bertz CT molecular complexity index is 846. The predicted octanol–water partition coefficient (Wildman–Crippen LogP) is 3.72. The quantitative estimate of drug-likeness (QED) is 0.849. The summed E-state index contributed by atoms with van der Waals surface area (Å²) in [5, 5.41) is 2.89. The Morgan fingerprint density at radius 3 is 2.28 bits per heavy atom. The Hall–Kier alpha value is -3.14. The normalized spacial score (nSPS) is 13.4. The molecule has 1 aliphatic rings. The largest absolute Gasteiger partial charge is 0.424 e. The zero-order chi connectivity index (χ0) is 17.8. The van der Waals surface area contributed by atoms with Gasteiger partial charge in [-0.3, -0.25) is 4.79 Å². The van der Waals surface area contributed by atoms with Crippen LogP contribution in [-0.4, -0.2) is 11.9 Å². The lowest BCUT2D eigenvalue weighted by Gasteiger charge is -2.08. The lowest BCUT2D eigenvalue weighted by molar-refractivity contribution is -0.132. The first-order valence-electron chi connectivity index (χ1n) is 8.05. The number of anilines is 1. The number of nitrogens with one attached hydrogen (secondary N) is 1. The summed E-state index contributed by atoms with van der Waals surface area (Å²) in [5.74, 6) is -0.0251. The molecule has 4 nitrogen and oxygen atoms in total. The summed E-state index contributed by atoms with van der Waals surface area (Å²) in [7, 11) is 0. The fourth-order valence-electron chi connectivity index (χ4n) is 2.61. The zero-order valence-electron chi connectivity index (χ0n) is 14.0. The molecule has 0 aliphatic carbocycles. The molecule has 2 aromatic rings. The molecule has 126 valence electrons. The van der Waals surface area contributed by atoms with Crippen LogP contribution in [0.2, 0.25) is 0 Å². The van der Waals surface area contributed by atoms with Gasteiger partial charge >= 0.3 is 5.97 Å². The van der Waals surface area contributed by atoms with E-state index in [1.165, 1.54) is 11.6 Å². The summed E-state index contributed by atoms with van der Waals surface area (Å²) in [6.45, 7) is 5.73. The van der Waals surface area contributed by atoms with E-state index in [2.05, 4.69) is 11.9 Å². The van der Waals surface area contributed by atoms with E-state index in [0.717, 1.165) is 22.4 Å². The smallest absolute Gasteiger partial charge is 0.336 e. The number of benzene rings is 2. The lowest BCUT2D eigenvalue weighted by Crippen LogP contribution is -2.14. The van der Waals surface area contributed by atoms with E-state index in [4.69, 9.17) is 4.74 Å². The van der Waals surface area contributed by atoms with Crippen molar-refractivity contribution in [2.45, 2.75) is 19.8 Å². The molecule has 2 aromatic carbocycles. The van der Waals surface area contributed by atoms with Crippen molar-refractivity contribution in [3.8, 4) is 0 Å². The molecule has 25 heavy (non-hydrogen) atoms. The van der Waals surface area contributed by atoms with Crippen molar-refractivity contribution in [2.75, 3.05) is 5.32 Å². The van der Waals surface area contributed by atoms with Crippen LogP contribution in [0.15, 0.2) is 72.5 Å². The molecule has 0 saturated carbocycles. The highest BCUT2D eigenvalue weighted by Gasteiger charge is 2.18. The predicted molar refractivity (Wildman–Crippen MR) is 97.0 cm³/mol. The van der Waals surface area contributed by atoms with E-state index in [-0.39, 0.29) is 11.9 Å². The monoisotopic (exact) mass is 333 g/mol. The second-order valence-corrected chi connectivity index (χ2v) is 6.10. The molecule has 4 heteroatoms. The zero-order valence-corrected chi connectivity index (χ0v) is 14.0.